The largest absolute Gasteiger partial charge is 0.486 e. The fourth-order valence-electron chi connectivity index (χ4n) is 2.74. The third kappa shape index (κ3) is 3.23. The molecule has 0 fully saturated rings. The van der Waals surface area contributed by atoms with Gasteiger partial charge < -0.3 is 19.5 Å². The van der Waals surface area contributed by atoms with Crippen LogP contribution in [0.25, 0.3) is 10.9 Å². The maximum Gasteiger partial charge on any atom is 0.262 e. The van der Waals surface area contributed by atoms with Crippen molar-refractivity contribution in [1.29, 1.82) is 0 Å². The van der Waals surface area contributed by atoms with Crippen LogP contribution in [0.15, 0.2) is 42.7 Å². The molecule has 0 saturated heterocycles. The summed E-state index contributed by atoms with van der Waals surface area (Å²) in [6, 6.07) is 11.1. The number of para-hydroxylation sites is 1. The molecule has 1 aliphatic rings. The third-order valence-corrected chi connectivity index (χ3v) is 4.01. The van der Waals surface area contributed by atoms with Crippen LogP contribution in [-0.2, 0) is 4.79 Å². The summed E-state index contributed by atoms with van der Waals surface area (Å²) >= 11 is 0. The van der Waals surface area contributed by atoms with Gasteiger partial charge in [0.25, 0.3) is 5.91 Å². The average molecular weight is 351 g/mol. The summed E-state index contributed by atoms with van der Waals surface area (Å²) in [5.74, 6) is 1.41. The lowest BCUT2D eigenvalue weighted by atomic mass is 10.1. The lowest BCUT2D eigenvalue weighted by Gasteiger charge is -2.20. The van der Waals surface area contributed by atoms with Crippen molar-refractivity contribution in [2.75, 3.05) is 25.1 Å². The van der Waals surface area contributed by atoms with Crippen molar-refractivity contribution in [1.82, 2.24) is 9.97 Å². The predicted octanol–water partition coefficient (Wildman–Crippen LogP) is 2.73. The zero-order valence-corrected chi connectivity index (χ0v) is 14.2. The van der Waals surface area contributed by atoms with Crippen LogP contribution in [0, 0.1) is 6.92 Å². The first-order valence-electron chi connectivity index (χ1n) is 8.23. The standard InChI is InChI=1S/C19H17N3O4/c1-12-8-16-17(25-7-6-24-16)9-15(12)22-18(23)10-26-19-13-4-2-3-5-14(13)20-11-21-19/h2-5,8-9,11H,6-7,10H2,1H3,(H,22,23). The first-order valence-corrected chi connectivity index (χ1v) is 8.23. The number of aryl methyl sites for hydroxylation is 1. The Bertz CT molecular complexity index is 969. The van der Waals surface area contributed by atoms with Gasteiger partial charge in [-0.3, -0.25) is 4.79 Å². The second-order valence-electron chi connectivity index (χ2n) is 5.84. The van der Waals surface area contributed by atoms with Crippen molar-refractivity contribution in [2.45, 2.75) is 6.92 Å². The quantitative estimate of drug-likeness (QED) is 0.778. The molecule has 0 unspecified atom stereocenters. The molecule has 1 aliphatic heterocycles. The van der Waals surface area contributed by atoms with E-state index in [4.69, 9.17) is 14.2 Å². The van der Waals surface area contributed by atoms with E-state index in [1.807, 2.05) is 37.3 Å². The van der Waals surface area contributed by atoms with Gasteiger partial charge in [-0.25, -0.2) is 9.97 Å². The molecule has 0 spiro atoms. The molecule has 0 aliphatic carbocycles. The van der Waals surface area contributed by atoms with E-state index in [1.165, 1.54) is 6.33 Å². The fourth-order valence-corrected chi connectivity index (χ4v) is 2.74. The van der Waals surface area contributed by atoms with E-state index in [9.17, 15) is 4.79 Å². The molecule has 3 aromatic rings. The van der Waals surface area contributed by atoms with Crippen molar-refractivity contribution in [3.05, 3.63) is 48.3 Å². The molecule has 2 aromatic carbocycles. The molecule has 7 nitrogen and oxygen atoms in total. The van der Waals surface area contributed by atoms with Crippen LogP contribution in [0.4, 0.5) is 5.69 Å². The smallest absolute Gasteiger partial charge is 0.262 e. The van der Waals surface area contributed by atoms with Gasteiger partial charge in [0, 0.05) is 11.8 Å². The molecular formula is C19H17N3O4. The number of rotatable bonds is 4. The Hall–Kier alpha value is -3.35. The van der Waals surface area contributed by atoms with Gasteiger partial charge in [0.2, 0.25) is 5.88 Å². The second kappa shape index (κ2) is 6.87. The predicted molar refractivity (Wildman–Crippen MR) is 95.8 cm³/mol. The number of nitrogens with zero attached hydrogens (tertiary/aromatic N) is 2. The van der Waals surface area contributed by atoms with E-state index in [2.05, 4.69) is 15.3 Å². The summed E-state index contributed by atoms with van der Waals surface area (Å²) < 4.78 is 16.7. The van der Waals surface area contributed by atoms with Crippen LogP contribution >= 0.6 is 0 Å². The molecule has 0 radical (unpaired) electrons. The van der Waals surface area contributed by atoms with Crippen molar-refractivity contribution in [3.63, 3.8) is 0 Å². The Labute approximate surface area is 149 Å². The highest BCUT2D eigenvalue weighted by Gasteiger charge is 2.16. The molecule has 0 atom stereocenters. The molecule has 0 bridgehead atoms. The molecule has 1 amide bonds. The van der Waals surface area contributed by atoms with Crippen LogP contribution in [0.5, 0.6) is 17.4 Å². The summed E-state index contributed by atoms with van der Waals surface area (Å²) in [5.41, 5.74) is 2.31. The number of anilines is 1. The van der Waals surface area contributed by atoms with Crippen molar-refractivity contribution in [2.24, 2.45) is 0 Å². The number of hydrogen-bond donors (Lipinski definition) is 1. The Kier molecular flexibility index (Phi) is 4.27. The number of amides is 1. The van der Waals surface area contributed by atoms with E-state index in [-0.39, 0.29) is 12.5 Å². The highest BCUT2D eigenvalue weighted by molar-refractivity contribution is 5.93. The number of nitrogens with one attached hydrogen (secondary N) is 1. The van der Waals surface area contributed by atoms with Crippen molar-refractivity contribution < 1.29 is 19.0 Å². The van der Waals surface area contributed by atoms with E-state index in [0.29, 0.717) is 36.3 Å². The van der Waals surface area contributed by atoms with Crippen LogP contribution in [0.3, 0.4) is 0 Å². The van der Waals surface area contributed by atoms with Gasteiger partial charge in [-0.15, -0.1) is 0 Å². The number of aromatic nitrogens is 2. The Morgan fingerprint density at radius 2 is 1.92 bits per heavy atom. The molecule has 7 heteroatoms. The number of carbonyl (C=O) groups excluding carboxylic acids is 1. The lowest BCUT2D eigenvalue weighted by molar-refractivity contribution is -0.118. The third-order valence-electron chi connectivity index (χ3n) is 4.01. The summed E-state index contributed by atoms with van der Waals surface area (Å²) in [4.78, 5) is 20.6. The molecule has 4 rings (SSSR count). The molecule has 26 heavy (non-hydrogen) atoms. The molecule has 1 N–H and O–H groups in total. The summed E-state index contributed by atoms with van der Waals surface area (Å²) in [7, 11) is 0. The summed E-state index contributed by atoms with van der Waals surface area (Å²) in [6.07, 6.45) is 1.42. The highest BCUT2D eigenvalue weighted by atomic mass is 16.6. The highest BCUT2D eigenvalue weighted by Crippen LogP contribution is 2.35. The first-order chi connectivity index (χ1) is 12.7. The number of carbonyl (C=O) groups is 1. The zero-order chi connectivity index (χ0) is 17.9. The maximum absolute atomic E-state index is 12.3. The Morgan fingerprint density at radius 1 is 1.15 bits per heavy atom. The average Bonchev–Trinajstić information content (AvgIpc) is 2.67. The summed E-state index contributed by atoms with van der Waals surface area (Å²) in [5, 5.41) is 3.60. The SMILES string of the molecule is Cc1cc2c(cc1NC(=O)COc1ncnc3ccccc13)OCCO2. The van der Waals surface area contributed by atoms with Gasteiger partial charge in [0.05, 0.1) is 10.9 Å². The van der Waals surface area contributed by atoms with Gasteiger partial charge in [-0.1, -0.05) is 12.1 Å². The van der Waals surface area contributed by atoms with E-state index in [1.54, 1.807) is 6.07 Å². The van der Waals surface area contributed by atoms with E-state index in [0.717, 1.165) is 16.5 Å². The lowest BCUT2D eigenvalue weighted by Crippen LogP contribution is -2.22. The Morgan fingerprint density at radius 3 is 2.77 bits per heavy atom. The van der Waals surface area contributed by atoms with Gasteiger partial charge in [0.1, 0.15) is 19.5 Å². The van der Waals surface area contributed by atoms with Crippen molar-refractivity contribution in [3.8, 4) is 17.4 Å². The van der Waals surface area contributed by atoms with Crippen LogP contribution < -0.4 is 19.5 Å². The number of benzene rings is 2. The maximum atomic E-state index is 12.3. The molecule has 0 saturated carbocycles. The molecule has 1 aromatic heterocycles. The second-order valence-corrected chi connectivity index (χ2v) is 5.84. The minimum atomic E-state index is -0.285. The van der Waals surface area contributed by atoms with Gasteiger partial charge in [0.15, 0.2) is 18.1 Å². The van der Waals surface area contributed by atoms with E-state index >= 15 is 0 Å². The van der Waals surface area contributed by atoms with Crippen LogP contribution in [-0.4, -0.2) is 35.7 Å². The molecule has 2 heterocycles. The van der Waals surface area contributed by atoms with Gasteiger partial charge in [-0.2, -0.15) is 0 Å². The fraction of sp³-hybridized carbons (Fsp3) is 0.211. The number of hydrogen-bond acceptors (Lipinski definition) is 6. The monoisotopic (exact) mass is 351 g/mol. The van der Waals surface area contributed by atoms with Crippen LogP contribution in [0.1, 0.15) is 5.56 Å². The number of fused-ring (bicyclic) bond motifs is 2. The first kappa shape index (κ1) is 16.1. The van der Waals surface area contributed by atoms with Gasteiger partial charge >= 0.3 is 0 Å². The van der Waals surface area contributed by atoms with Crippen molar-refractivity contribution >= 4 is 22.5 Å². The normalized spacial score (nSPS) is 12.7. The molecule has 132 valence electrons. The van der Waals surface area contributed by atoms with E-state index < -0.39 is 0 Å². The minimum Gasteiger partial charge on any atom is -0.486 e. The summed E-state index contributed by atoms with van der Waals surface area (Å²) in [6.45, 7) is 2.76. The topological polar surface area (TPSA) is 82.6 Å². The zero-order valence-electron chi connectivity index (χ0n) is 14.2. The van der Waals surface area contributed by atoms with Gasteiger partial charge in [-0.05, 0) is 30.7 Å². The number of ether oxygens (including phenoxy) is 3. The van der Waals surface area contributed by atoms with Crippen LogP contribution in [0.2, 0.25) is 0 Å². The molecular weight excluding hydrogens is 334 g/mol. The Balaban J connectivity index is 1.46. The minimum absolute atomic E-state index is 0.158.